The summed E-state index contributed by atoms with van der Waals surface area (Å²) in [6.07, 6.45) is 2.33. The van der Waals surface area contributed by atoms with E-state index < -0.39 is 0 Å². The summed E-state index contributed by atoms with van der Waals surface area (Å²) in [6.45, 7) is 2.29. The van der Waals surface area contributed by atoms with Crippen LogP contribution in [0.4, 0.5) is 0 Å². The predicted molar refractivity (Wildman–Crippen MR) is 95.8 cm³/mol. The molecule has 0 spiro atoms. The molecule has 3 nitrogen and oxygen atoms in total. The highest BCUT2D eigenvalue weighted by Gasteiger charge is 2.32. The van der Waals surface area contributed by atoms with Crippen LogP contribution >= 0.6 is 0 Å². The Morgan fingerprint density at radius 3 is 2.54 bits per heavy atom. The van der Waals surface area contributed by atoms with E-state index in [1.54, 1.807) is 0 Å². The van der Waals surface area contributed by atoms with Gasteiger partial charge in [-0.3, -0.25) is 9.69 Å². The van der Waals surface area contributed by atoms with Gasteiger partial charge in [0.05, 0.1) is 6.54 Å². The Hall–Kier alpha value is -2.13. The van der Waals surface area contributed by atoms with Crippen LogP contribution in [0.1, 0.15) is 35.4 Å². The molecular formula is C21H24N2O. The molecule has 1 aliphatic heterocycles. The molecule has 1 unspecified atom stereocenters. The molecule has 24 heavy (non-hydrogen) atoms. The Morgan fingerprint density at radius 1 is 1.08 bits per heavy atom. The number of likely N-dealkylation sites (N-methyl/N-ethyl adjacent to an activating group) is 1. The molecule has 0 radical (unpaired) electrons. The monoisotopic (exact) mass is 320 g/mol. The van der Waals surface area contributed by atoms with Crippen molar-refractivity contribution in [2.45, 2.75) is 31.3 Å². The number of hydrogen-bond acceptors (Lipinski definition) is 2. The summed E-state index contributed by atoms with van der Waals surface area (Å²) < 4.78 is 0. The number of benzene rings is 2. The van der Waals surface area contributed by atoms with Crippen molar-refractivity contribution >= 4 is 5.91 Å². The molecule has 1 aliphatic carbocycles. The number of nitrogens with zero attached hydrogens (tertiary/aromatic N) is 2. The Labute approximate surface area is 143 Å². The van der Waals surface area contributed by atoms with Gasteiger partial charge in [-0.1, -0.05) is 54.6 Å². The molecule has 1 saturated carbocycles. The van der Waals surface area contributed by atoms with Crippen LogP contribution in [0.25, 0.3) is 0 Å². The molecule has 0 N–H and O–H groups in total. The van der Waals surface area contributed by atoms with Crippen molar-refractivity contribution in [3.8, 4) is 0 Å². The molecular weight excluding hydrogens is 296 g/mol. The van der Waals surface area contributed by atoms with Crippen molar-refractivity contribution < 1.29 is 4.79 Å². The van der Waals surface area contributed by atoms with E-state index >= 15 is 0 Å². The van der Waals surface area contributed by atoms with Gasteiger partial charge in [0.25, 0.3) is 0 Å². The number of fused-ring (bicyclic) bond motifs is 1. The normalized spacial score (nSPS) is 20.5. The first-order valence-corrected chi connectivity index (χ1v) is 8.83. The summed E-state index contributed by atoms with van der Waals surface area (Å²) in [5.41, 5.74) is 4.08. The maximum Gasteiger partial charge on any atom is 0.236 e. The highest BCUT2D eigenvalue weighted by Crippen LogP contribution is 2.33. The molecule has 1 fully saturated rings. The average Bonchev–Trinajstić information content (AvgIpc) is 3.46. The number of rotatable bonds is 4. The lowest BCUT2D eigenvalue weighted by Crippen LogP contribution is -2.42. The number of carbonyl (C=O) groups excluding carboxylic acids is 1. The van der Waals surface area contributed by atoms with Gasteiger partial charge in [0.2, 0.25) is 5.91 Å². The summed E-state index contributed by atoms with van der Waals surface area (Å²) in [7, 11) is 1.95. The van der Waals surface area contributed by atoms with E-state index in [0.29, 0.717) is 18.5 Å². The maximum absolute atomic E-state index is 12.5. The third kappa shape index (κ3) is 3.09. The van der Waals surface area contributed by atoms with E-state index in [9.17, 15) is 4.79 Å². The average molecular weight is 320 g/mol. The van der Waals surface area contributed by atoms with Gasteiger partial charge in [-0.25, -0.2) is 0 Å². The minimum absolute atomic E-state index is 0.253. The van der Waals surface area contributed by atoms with Crippen LogP contribution in [-0.2, 0) is 11.3 Å². The van der Waals surface area contributed by atoms with Crippen LogP contribution in [0.2, 0.25) is 0 Å². The zero-order valence-electron chi connectivity index (χ0n) is 14.2. The van der Waals surface area contributed by atoms with Crippen molar-refractivity contribution in [3.05, 3.63) is 71.3 Å². The summed E-state index contributed by atoms with van der Waals surface area (Å²) in [4.78, 5) is 16.8. The van der Waals surface area contributed by atoms with Gasteiger partial charge in [0.15, 0.2) is 0 Å². The second-order valence-electron chi connectivity index (χ2n) is 7.07. The van der Waals surface area contributed by atoms with Gasteiger partial charge in [0, 0.05) is 32.1 Å². The quantitative estimate of drug-likeness (QED) is 0.863. The minimum Gasteiger partial charge on any atom is -0.342 e. The van der Waals surface area contributed by atoms with E-state index in [0.717, 1.165) is 25.9 Å². The third-order valence-corrected chi connectivity index (χ3v) is 5.31. The summed E-state index contributed by atoms with van der Waals surface area (Å²) >= 11 is 0. The molecule has 0 bridgehead atoms. The molecule has 2 aromatic rings. The van der Waals surface area contributed by atoms with Gasteiger partial charge in [0.1, 0.15) is 0 Å². The van der Waals surface area contributed by atoms with Gasteiger partial charge >= 0.3 is 0 Å². The standard InChI is InChI=1S/C21H24N2O/c1-22(18-11-12-18)21(24)15-23-13-17-9-5-6-10-19(17)20(14-23)16-7-3-2-4-8-16/h2-10,18,20H,11-15H2,1H3. The van der Waals surface area contributed by atoms with E-state index in [1.165, 1.54) is 16.7 Å². The molecule has 1 heterocycles. The SMILES string of the molecule is CN(C(=O)CN1Cc2ccccc2C(c2ccccc2)C1)C1CC1. The highest BCUT2D eigenvalue weighted by molar-refractivity contribution is 5.78. The van der Waals surface area contributed by atoms with Crippen LogP contribution in [0.15, 0.2) is 54.6 Å². The predicted octanol–water partition coefficient (Wildman–Crippen LogP) is 3.25. The lowest BCUT2D eigenvalue weighted by atomic mass is 9.84. The number of carbonyl (C=O) groups is 1. The fourth-order valence-corrected chi connectivity index (χ4v) is 3.74. The van der Waals surface area contributed by atoms with E-state index in [2.05, 4.69) is 59.5 Å². The first-order valence-electron chi connectivity index (χ1n) is 8.83. The zero-order valence-corrected chi connectivity index (χ0v) is 14.2. The maximum atomic E-state index is 12.5. The van der Waals surface area contributed by atoms with Gasteiger partial charge in [-0.15, -0.1) is 0 Å². The third-order valence-electron chi connectivity index (χ3n) is 5.31. The Kier molecular flexibility index (Phi) is 4.11. The number of hydrogen-bond donors (Lipinski definition) is 0. The van der Waals surface area contributed by atoms with Crippen LogP contribution in [-0.4, -0.2) is 41.9 Å². The summed E-state index contributed by atoms with van der Waals surface area (Å²) in [5, 5.41) is 0. The lowest BCUT2D eigenvalue weighted by Gasteiger charge is -2.35. The topological polar surface area (TPSA) is 23.6 Å². The molecule has 2 aliphatic rings. The highest BCUT2D eigenvalue weighted by atomic mass is 16.2. The van der Waals surface area contributed by atoms with Crippen molar-refractivity contribution in [2.75, 3.05) is 20.1 Å². The van der Waals surface area contributed by atoms with Crippen molar-refractivity contribution in [1.29, 1.82) is 0 Å². The molecule has 124 valence electrons. The second-order valence-corrected chi connectivity index (χ2v) is 7.07. The van der Waals surface area contributed by atoms with Crippen molar-refractivity contribution in [2.24, 2.45) is 0 Å². The van der Waals surface area contributed by atoms with Gasteiger partial charge in [-0.2, -0.15) is 0 Å². The largest absolute Gasteiger partial charge is 0.342 e. The Bertz CT molecular complexity index is 724. The first-order chi connectivity index (χ1) is 11.7. The van der Waals surface area contributed by atoms with Crippen LogP contribution in [0, 0.1) is 0 Å². The van der Waals surface area contributed by atoms with Crippen LogP contribution in [0.3, 0.4) is 0 Å². The summed E-state index contributed by atoms with van der Waals surface area (Å²) in [6, 6.07) is 19.8. The van der Waals surface area contributed by atoms with Crippen LogP contribution < -0.4 is 0 Å². The number of amides is 1. The van der Waals surface area contributed by atoms with E-state index in [4.69, 9.17) is 0 Å². The smallest absolute Gasteiger partial charge is 0.236 e. The fourth-order valence-electron chi connectivity index (χ4n) is 3.74. The first kappa shape index (κ1) is 15.4. The summed E-state index contributed by atoms with van der Waals surface area (Å²) in [5.74, 6) is 0.596. The lowest BCUT2D eigenvalue weighted by molar-refractivity contribution is -0.131. The molecule has 0 saturated heterocycles. The second kappa shape index (κ2) is 6.40. The molecule has 1 atom stereocenters. The molecule has 3 heteroatoms. The van der Waals surface area contributed by atoms with Gasteiger partial charge < -0.3 is 4.90 Å². The molecule has 0 aromatic heterocycles. The van der Waals surface area contributed by atoms with Crippen molar-refractivity contribution in [1.82, 2.24) is 9.80 Å². The molecule has 4 rings (SSSR count). The van der Waals surface area contributed by atoms with Crippen molar-refractivity contribution in [3.63, 3.8) is 0 Å². The zero-order chi connectivity index (χ0) is 16.5. The Balaban J connectivity index is 1.57. The van der Waals surface area contributed by atoms with E-state index in [1.807, 2.05) is 11.9 Å². The minimum atomic E-state index is 0.253. The fraction of sp³-hybridized carbons (Fsp3) is 0.381. The van der Waals surface area contributed by atoms with Gasteiger partial charge in [-0.05, 0) is 29.5 Å². The Morgan fingerprint density at radius 2 is 1.79 bits per heavy atom. The van der Waals surface area contributed by atoms with E-state index in [-0.39, 0.29) is 5.91 Å². The molecule has 1 amide bonds. The van der Waals surface area contributed by atoms with Crippen LogP contribution in [0.5, 0.6) is 0 Å². The molecule has 2 aromatic carbocycles.